The number of carbonyl (C=O) groups excluding carboxylic acids is 3. The molecule has 408 valence electrons. The van der Waals surface area contributed by atoms with Gasteiger partial charge in [0.05, 0.1) is 6.61 Å². The lowest BCUT2D eigenvalue weighted by Gasteiger charge is -2.40. The van der Waals surface area contributed by atoms with Crippen molar-refractivity contribution in [3.8, 4) is 0 Å². The molecule has 0 amide bonds. The third-order valence-corrected chi connectivity index (χ3v) is 12.6. The summed E-state index contributed by atoms with van der Waals surface area (Å²) in [5.74, 6) is -3.16. The zero-order valence-corrected chi connectivity index (χ0v) is 44.7. The number of unbranched alkanes of at least 4 members (excludes halogenated alkanes) is 23. The molecular weight excluding hydrogens is 901 g/mol. The lowest BCUT2D eigenvalue weighted by atomic mass is 9.98. The van der Waals surface area contributed by atoms with Gasteiger partial charge in [-0.05, 0) is 83.5 Å². The first-order chi connectivity index (χ1) is 34.6. The van der Waals surface area contributed by atoms with Crippen LogP contribution in [-0.2, 0) is 42.9 Å². The summed E-state index contributed by atoms with van der Waals surface area (Å²) >= 11 is 0. The molecule has 6 unspecified atom stereocenters. The summed E-state index contributed by atoms with van der Waals surface area (Å²) in [4.78, 5) is 50.9. The van der Waals surface area contributed by atoms with Crippen molar-refractivity contribution in [2.45, 2.75) is 276 Å². The number of carboxylic acids is 1. The van der Waals surface area contributed by atoms with Gasteiger partial charge in [0.1, 0.15) is 18.8 Å². The van der Waals surface area contributed by atoms with Crippen molar-refractivity contribution in [3.63, 3.8) is 0 Å². The van der Waals surface area contributed by atoms with Gasteiger partial charge in [-0.15, -0.1) is 0 Å². The second-order valence-corrected chi connectivity index (χ2v) is 19.2. The van der Waals surface area contributed by atoms with Crippen LogP contribution in [0.1, 0.15) is 239 Å². The molecular formula is C59H100O12. The third-order valence-electron chi connectivity index (χ3n) is 12.6. The number of hydrogen-bond donors (Lipinski definition) is 3. The molecule has 0 aromatic carbocycles. The van der Waals surface area contributed by atoms with Crippen molar-refractivity contribution in [1.82, 2.24) is 0 Å². The Morgan fingerprint density at radius 3 is 1.39 bits per heavy atom. The number of hydrogen-bond acceptors (Lipinski definition) is 11. The molecule has 12 heteroatoms. The summed E-state index contributed by atoms with van der Waals surface area (Å²) in [6, 6.07) is 0. The van der Waals surface area contributed by atoms with Gasteiger partial charge in [-0.2, -0.15) is 0 Å². The van der Waals surface area contributed by atoms with Crippen LogP contribution >= 0.6 is 0 Å². The number of esters is 3. The first-order valence-corrected chi connectivity index (χ1v) is 28.3. The molecule has 1 aliphatic rings. The highest BCUT2D eigenvalue weighted by molar-refractivity contribution is 5.74. The van der Waals surface area contributed by atoms with E-state index in [1.807, 2.05) is 0 Å². The largest absolute Gasteiger partial charge is 0.479 e. The van der Waals surface area contributed by atoms with E-state index in [0.29, 0.717) is 19.3 Å². The van der Waals surface area contributed by atoms with E-state index in [-0.39, 0.29) is 25.9 Å². The van der Waals surface area contributed by atoms with Crippen molar-refractivity contribution >= 4 is 23.9 Å². The first kappa shape index (κ1) is 65.4. The van der Waals surface area contributed by atoms with Crippen LogP contribution < -0.4 is 0 Å². The van der Waals surface area contributed by atoms with E-state index in [2.05, 4.69) is 81.5 Å². The van der Waals surface area contributed by atoms with E-state index in [1.54, 1.807) is 0 Å². The third kappa shape index (κ3) is 37.8. The van der Waals surface area contributed by atoms with Gasteiger partial charge >= 0.3 is 23.9 Å². The minimum absolute atomic E-state index is 0.0570. The molecule has 1 heterocycles. The van der Waals surface area contributed by atoms with Crippen molar-refractivity contribution < 1.29 is 58.2 Å². The van der Waals surface area contributed by atoms with E-state index in [4.69, 9.17) is 23.7 Å². The van der Waals surface area contributed by atoms with Gasteiger partial charge in [0.15, 0.2) is 24.6 Å². The standard InChI is InChI=1S/C59H100O12/c1-4-7-10-13-16-19-21-23-24-25-26-27-28-30-31-34-36-39-42-45-51(60)67-48-50(69-52(61)46-43-40-38-35-32-29-22-20-17-14-11-8-5-2)49-68-59-57(55(64)54(63)56(71-59)58(65)66)70-53(62)47-44-41-37-33-18-15-12-9-6-3/h8,11,16-17,19-20,23-24,29,32,50,54-57,59,63-64H,4-7,9-10,12-15,18,21-22,25-28,30-31,33-49H2,1-3H3,(H,65,66)/b11-8-,19-16-,20-17-,24-23-,32-29-. The summed E-state index contributed by atoms with van der Waals surface area (Å²) in [5.41, 5.74) is 0. The van der Waals surface area contributed by atoms with Crippen LogP contribution in [0.25, 0.3) is 0 Å². The maximum Gasteiger partial charge on any atom is 0.335 e. The Labute approximate surface area is 430 Å². The topological polar surface area (TPSA) is 175 Å². The van der Waals surface area contributed by atoms with Gasteiger partial charge in [0, 0.05) is 19.3 Å². The normalized spacial score (nSPS) is 18.9. The number of rotatable bonds is 47. The second kappa shape index (κ2) is 47.4. The molecule has 1 saturated heterocycles. The summed E-state index contributed by atoms with van der Waals surface area (Å²) in [5, 5.41) is 31.3. The molecule has 6 atom stereocenters. The minimum Gasteiger partial charge on any atom is -0.479 e. The lowest BCUT2D eigenvalue weighted by molar-refractivity contribution is -0.301. The molecule has 0 spiro atoms. The number of allylic oxidation sites excluding steroid dienone is 10. The average Bonchev–Trinajstić information content (AvgIpc) is 3.35. The fourth-order valence-corrected chi connectivity index (χ4v) is 8.24. The molecule has 0 saturated carbocycles. The SMILES string of the molecule is CC/C=C\C/C=C\C/C=C\CCCCCC(=O)OC(COC(=O)CCCCCCCCCCC/C=C\C/C=C\CCCCC)COC1OC(C(=O)O)C(O)C(O)C1OC(=O)CCCCCCCCCCC. The smallest absolute Gasteiger partial charge is 0.335 e. The van der Waals surface area contributed by atoms with Gasteiger partial charge in [-0.3, -0.25) is 14.4 Å². The number of aliphatic carboxylic acids is 1. The Morgan fingerprint density at radius 2 is 0.887 bits per heavy atom. The van der Waals surface area contributed by atoms with E-state index < -0.39 is 67.3 Å². The molecule has 0 radical (unpaired) electrons. The summed E-state index contributed by atoms with van der Waals surface area (Å²) in [7, 11) is 0. The molecule has 0 aliphatic carbocycles. The molecule has 1 aliphatic heterocycles. The Balaban J connectivity index is 2.68. The molecule has 0 aromatic heterocycles. The molecule has 1 rings (SSSR count). The number of aliphatic hydroxyl groups is 2. The Bertz CT molecular complexity index is 1470. The number of ether oxygens (including phenoxy) is 5. The molecule has 12 nitrogen and oxygen atoms in total. The molecule has 71 heavy (non-hydrogen) atoms. The maximum absolute atomic E-state index is 13.1. The number of aliphatic hydroxyl groups excluding tert-OH is 2. The van der Waals surface area contributed by atoms with Crippen LogP contribution in [0.4, 0.5) is 0 Å². The highest BCUT2D eigenvalue weighted by atomic mass is 16.7. The van der Waals surface area contributed by atoms with E-state index >= 15 is 0 Å². The summed E-state index contributed by atoms with van der Waals surface area (Å²) < 4.78 is 28.3. The predicted octanol–water partition coefficient (Wildman–Crippen LogP) is 14.0. The van der Waals surface area contributed by atoms with Crippen LogP contribution in [0.15, 0.2) is 60.8 Å². The van der Waals surface area contributed by atoms with Crippen molar-refractivity contribution in [3.05, 3.63) is 60.8 Å². The maximum atomic E-state index is 13.1. The Morgan fingerprint density at radius 1 is 0.479 bits per heavy atom. The first-order valence-electron chi connectivity index (χ1n) is 28.3. The molecule has 3 N–H and O–H groups in total. The highest BCUT2D eigenvalue weighted by Gasteiger charge is 2.50. The van der Waals surface area contributed by atoms with Crippen LogP contribution in [0, 0.1) is 0 Å². The van der Waals surface area contributed by atoms with Gasteiger partial charge in [0.25, 0.3) is 0 Å². The Hall–Kier alpha value is -3.58. The van der Waals surface area contributed by atoms with E-state index in [1.165, 1.54) is 83.5 Å². The fourth-order valence-electron chi connectivity index (χ4n) is 8.24. The van der Waals surface area contributed by atoms with E-state index in [9.17, 15) is 34.5 Å². The van der Waals surface area contributed by atoms with Gasteiger partial charge in [-0.25, -0.2) is 4.79 Å². The van der Waals surface area contributed by atoms with Crippen LogP contribution in [-0.4, -0.2) is 89.2 Å². The zero-order valence-electron chi connectivity index (χ0n) is 44.7. The monoisotopic (exact) mass is 1000 g/mol. The second-order valence-electron chi connectivity index (χ2n) is 19.2. The quantitative estimate of drug-likeness (QED) is 0.0228. The van der Waals surface area contributed by atoms with Gasteiger partial charge in [-0.1, -0.05) is 197 Å². The average molecular weight is 1000 g/mol. The van der Waals surface area contributed by atoms with Crippen molar-refractivity contribution in [1.29, 1.82) is 0 Å². The van der Waals surface area contributed by atoms with Crippen molar-refractivity contribution in [2.75, 3.05) is 13.2 Å². The number of carbonyl (C=O) groups is 4. The van der Waals surface area contributed by atoms with Gasteiger partial charge < -0.3 is 39.0 Å². The fraction of sp³-hybridized carbons (Fsp3) is 0.763. The summed E-state index contributed by atoms with van der Waals surface area (Å²) in [6.45, 7) is 5.78. The van der Waals surface area contributed by atoms with Crippen LogP contribution in [0.2, 0.25) is 0 Å². The zero-order chi connectivity index (χ0) is 51.8. The predicted molar refractivity (Wildman–Crippen MR) is 285 cm³/mol. The minimum atomic E-state index is -1.90. The van der Waals surface area contributed by atoms with Crippen LogP contribution in [0.3, 0.4) is 0 Å². The number of carboxylic acid groups (broad SMARTS) is 1. The summed E-state index contributed by atoms with van der Waals surface area (Å²) in [6.07, 6.45) is 45.0. The lowest BCUT2D eigenvalue weighted by Crippen LogP contribution is -2.61. The Kier molecular flexibility index (Phi) is 43.7. The van der Waals surface area contributed by atoms with Crippen LogP contribution in [0.5, 0.6) is 0 Å². The van der Waals surface area contributed by atoms with E-state index in [0.717, 1.165) is 96.3 Å². The van der Waals surface area contributed by atoms with Gasteiger partial charge in [0.2, 0.25) is 0 Å². The molecule has 0 bridgehead atoms. The highest BCUT2D eigenvalue weighted by Crippen LogP contribution is 2.26. The molecule has 0 aromatic rings. The van der Waals surface area contributed by atoms with Crippen molar-refractivity contribution in [2.24, 2.45) is 0 Å². The molecule has 1 fully saturated rings.